The summed E-state index contributed by atoms with van der Waals surface area (Å²) in [6.07, 6.45) is 1.63. The van der Waals surface area contributed by atoms with Gasteiger partial charge < -0.3 is 14.2 Å². The third-order valence-electron chi connectivity index (χ3n) is 6.45. The van der Waals surface area contributed by atoms with E-state index in [0.29, 0.717) is 34.8 Å². The topological polar surface area (TPSA) is 74.9 Å². The zero-order valence-corrected chi connectivity index (χ0v) is 25.9. The van der Waals surface area contributed by atoms with Gasteiger partial charge in [0, 0.05) is 15.6 Å². The molecule has 0 spiro atoms. The van der Waals surface area contributed by atoms with Gasteiger partial charge in [-0.15, -0.1) is 0 Å². The monoisotopic (exact) mass is 605 g/mol. The average Bonchev–Trinajstić information content (AvgIpc) is 2.91. The van der Waals surface area contributed by atoms with E-state index in [1.165, 1.54) is 4.68 Å². The quantitative estimate of drug-likeness (QED) is 0.193. The molecule has 0 fully saturated rings. The molecule has 1 heterocycles. The molecule has 4 rings (SSSR count). The normalized spacial score (nSPS) is 11.9. The molecule has 210 valence electrons. The van der Waals surface area contributed by atoms with E-state index < -0.39 is 0 Å². The number of hydrogen-bond acceptors (Lipinski definition) is 6. The first-order valence-corrected chi connectivity index (χ1v) is 14.0. The van der Waals surface area contributed by atoms with Crippen LogP contribution in [0, 0.1) is 12.3 Å². The van der Waals surface area contributed by atoms with E-state index in [9.17, 15) is 4.79 Å². The molecule has 3 aromatic carbocycles. The molecule has 0 atom stereocenters. The highest BCUT2D eigenvalue weighted by Crippen LogP contribution is 2.35. The Bertz CT molecular complexity index is 1630. The van der Waals surface area contributed by atoms with Crippen LogP contribution in [0.25, 0.3) is 22.3 Å². The maximum absolute atomic E-state index is 13.8. The lowest BCUT2D eigenvalue weighted by Gasteiger charge is -2.20. The second-order valence-corrected chi connectivity index (χ2v) is 12.1. The first-order chi connectivity index (χ1) is 18.9. The van der Waals surface area contributed by atoms with Crippen LogP contribution in [0.3, 0.4) is 0 Å². The molecule has 0 amide bonds. The molecule has 0 aliphatic carbocycles. The van der Waals surface area contributed by atoms with Gasteiger partial charge in [-0.25, -0.2) is 4.98 Å². The number of hydrogen-bond donors (Lipinski definition) is 0. The van der Waals surface area contributed by atoms with Crippen LogP contribution >= 0.6 is 15.9 Å². The van der Waals surface area contributed by atoms with Crippen LogP contribution < -0.4 is 19.8 Å². The minimum atomic E-state index is -0.258. The van der Waals surface area contributed by atoms with Crippen LogP contribution in [0.5, 0.6) is 17.2 Å². The van der Waals surface area contributed by atoms with Gasteiger partial charge in [0.2, 0.25) is 0 Å². The van der Waals surface area contributed by atoms with Crippen molar-refractivity contribution >= 4 is 33.0 Å². The highest BCUT2D eigenvalue weighted by atomic mass is 79.9. The van der Waals surface area contributed by atoms with Gasteiger partial charge in [0.1, 0.15) is 5.75 Å². The van der Waals surface area contributed by atoms with E-state index in [2.05, 4.69) is 55.7 Å². The molecule has 0 saturated heterocycles. The molecule has 7 nitrogen and oxygen atoms in total. The van der Waals surface area contributed by atoms with Crippen LogP contribution in [0.4, 0.5) is 0 Å². The summed E-state index contributed by atoms with van der Waals surface area (Å²) in [5.41, 5.74) is 3.83. The van der Waals surface area contributed by atoms with Crippen LogP contribution in [-0.4, -0.2) is 36.7 Å². The first kappa shape index (κ1) is 29.3. The molecular formula is C32H36BrN3O4. The van der Waals surface area contributed by atoms with Crippen LogP contribution in [0.1, 0.15) is 57.2 Å². The van der Waals surface area contributed by atoms with Crippen molar-refractivity contribution in [2.75, 3.05) is 20.8 Å². The predicted molar refractivity (Wildman–Crippen MR) is 165 cm³/mol. The maximum Gasteiger partial charge on any atom is 0.282 e. The third kappa shape index (κ3) is 6.22. The molecule has 0 saturated carbocycles. The minimum Gasteiger partial charge on any atom is -0.496 e. The van der Waals surface area contributed by atoms with Crippen LogP contribution in [0.2, 0.25) is 0 Å². The Morgan fingerprint density at radius 3 is 2.38 bits per heavy atom. The number of methoxy groups -OCH3 is 2. The zero-order chi connectivity index (χ0) is 29.2. The second-order valence-electron chi connectivity index (χ2n) is 11.3. The molecule has 0 N–H and O–H groups in total. The van der Waals surface area contributed by atoms with Crippen molar-refractivity contribution in [1.82, 2.24) is 9.66 Å². The Labute approximate surface area is 243 Å². The van der Waals surface area contributed by atoms with Gasteiger partial charge in [-0.3, -0.25) is 4.79 Å². The van der Waals surface area contributed by atoms with Gasteiger partial charge >= 0.3 is 0 Å². The van der Waals surface area contributed by atoms with E-state index in [0.717, 1.165) is 32.5 Å². The summed E-state index contributed by atoms with van der Waals surface area (Å²) in [6.45, 7) is 13.1. The lowest BCUT2D eigenvalue weighted by molar-refractivity contribution is 0.191. The predicted octanol–water partition coefficient (Wildman–Crippen LogP) is 7.58. The molecular weight excluding hydrogens is 570 g/mol. The number of fused-ring (bicyclic) bond motifs is 1. The maximum atomic E-state index is 13.8. The molecule has 0 aliphatic heterocycles. The highest BCUT2D eigenvalue weighted by Gasteiger charge is 2.19. The van der Waals surface area contributed by atoms with Crippen molar-refractivity contribution in [2.45, 2.75) is 47.5 Å². The van der Waals surface area contributed by atoms with Gasteiger partial charge in [0.25, 0.3) is 5.56 Å². The van der Waals surface area contributed by atoms with Gasteiger partial charge in [0.15, 0.2) is 17.3 Å². The van der Waals surface area contributed by atoms with E-state index in [1.807, 2.05) is 49.4 Å². The van der Waals surface area contributed by atoms with Gasteiger partial charge in [-0.1, -0.05) is 46.8 Å². The largest absolute Gasteiger partial charge is 0.496 e. The van der Waals surface area contributed by atoms with E-state index in [-0.39, 0.29) is 16.9 Å². The SMILES string of the molecule is COc1cc(C=Nn2c(-c3cc(C(C)C)c(OC)cc3C)nc3ccccc3c2=O)c(Br)cc1OCC(C)(C)C. The third-order valence-corrected chi connectivity index (χ3v) is 7.14. The number of benzene rings is 3. The van der Waals surface area contributed by atoms with Gasteiger partial charge in [-0.05, 0) is 81.7 Å². The number of rotatable bonds is 8. The Morgan fingerprint density at radius 2 is 1.73 bits per heavy atom. The molecule has 0 radical (unpaired) electrons. The number of para-hydroxylation sites is 1. The second kappa shape index (κ2) is 11.8. The molecule has 40 heavy (non-hydrogen) atoms. The smallest absolute Gasteiger partial charge is 0.282 e. The minimum absolute atomic E-state index is 0.00666. The van der Waals surface area contributed by atoms with Crippen LogP contribution in [-0.2, 0) is 0 Å². The lowest BCUT2D eigenvalue weighted by atomic mass is 9.96. The summed E-state index contributed by atoms with van der Waals surface area (Å²) >= 11 is 3.64. The molecule has 1 aromatic heterocycles. The molecule has 0 unspecified atom stereocenters. The summed E-state index contributed by atoms with van der Waals surface area (Å²) in [4.78, 5) is 18.7. The van der Waals surface area contributed by atoms with E-state index >= 15 is 0 Å². The summed E-state index contributed by atoms with van der Waals surface area (Å²) in [6, 6.07) is 15.0. The van der Waals surface area contributed by atoms with Gasteiger partial charge in [-0.2, -0.15) is 9.78 Å². The van der Waals surface area contributed by atoms with Crippen molar-refractivity contribution in [2.24, 2.45) is 10.5 Å². The summed E-state index contributed by atoms with van der Waals surface area (Å²) in [7, 11) is 3.27. The standard InChI is InChI=1S/C32H36BrN3O4/c1-19(2)23-15-24(20(3)13-27(23)38-7)30-35-26-12-10-9-11-22(26)31(37)36(30)34-17-21-14-28(39-8)29(16-25(21)33)40-18-32(4,5)6/h9-17,19H,18H2,1-8H3. The van der Waals surface area contributed by atoms with Crippen molar-refractivity contribution in [3.63, 3.8) is 0 Å². The Kier molecular flexibility index (Phi) is 8.68. The van der Waals surface area contributed by atoms with Crippen LogP contribution in [0.15, 0.2) is 62.9 Å². The fraction of sp³-hybridized carbons (Fsp3) is 0.344. The Balaban J connectivity index is 1.89. The number of halogens is 1. The van der Waals surface area contributed by atoms with E-state index in [1.54, 1.807) is 26.5 Å². The molecule has 0 aliphatic rings. The number of aromatic nitrogens is 2. The Morgan fingerprint density at radius 1 is 1.02 bits per heavy atom. The highest BCUT2D eigenvalue weighted by molar-refractivity contribution is 9.10. The molecule has 0 bridgehead atoms. The van der Waals surface area contributed by atoms with Crippen molar-refractivity contribution < 1.29 is 14.2 Å². The fourth-order valence-corrected chi connectivity index (χ4v) is 4.73. The Hall–Kier alpha value is -3.65. The number of aryl methyl sites for hydroxylation is 1. The first-order valence-electron chi connectivity index (χ1n) is 13.2. The fourth-order valence-electron chi connectivity index (χ4n) is 4.31. The van der Waals surface area contributed by atoms with E-state index in [4.69, 9.17) is 19.2 Å². The lowest BCUT2D eigenvalue weighted by Crippen LogP contribution is -2.21. The summed E-state index contributed by atoms with van der Waals surface area (Å²) in [5, 5.41) is 5.16. The van der Waals surface area contributed by atoms with Crippen molar-refractivity contribution in [1.29, 1.82) is 0 Å². The summed E-state index contributed by atoms with van der Waals surface area (Å²) in [5.74, 6) is 2.67. The summed E-state index contributed by atoms with van der Waals surface area (Å²) < 4.78 is 19.4. The number of nitrogens with zero attached hydrogens (tertiary/aromatic N) is 3. The van der Waals surface area contributed by atoms with Crippen molar-refractivity contribution in [3.05, 3.63) is 80.0 Å². The number of ether oxygens (including phenoxy) is 3. The van der Waals surface area contributed by atoms with Crippen molar-refractivity contribution in [3.8, 4) is 28.6 Å². The molecule has 8 heteroatoms. The molecule has 4 aromatic rings. The zero-order valence-electron chi connectivity index (χ0n) is 24.3. The van der Waals surface area contributed by atoms with Gasteiger partial charge in [0.05, 0.1) is 37.9 Å². The average molecular weight is 607 g/mol.